The highest BCUT2D eigenvalue weighted by molar-refractivity contribution is 7.97. The van der Waals surface area contributed by atoms with Crippen molar-refractivity contribution in [1.29, 1.82) is 5.16 Å². The van der Waals surface area contributed by atoms with E-state index in [0.717, 1.165) is 0 Å². The smallest absolute Gasteiger partial charge is 0.221 e. The third-order valence-electron chi connectivity index (χ3n) is 0. The lowest BCUT2D eigenvalue weighted by molar-refractivity contribution is 0.921. The molecule has 0 rings (SSSR count). The third-order valence-corrected chi connectivity index (χ3v) is 0. The first-order chi connectivity index (χ1) is 1.73. The molecule has 0 saturated carbocycles. The summed E-state index contributed by atoms with van der Waals surface area (Å²) in [6, 6.07) is 0. The lowest BCUT2D eigenvalue weighted by Gasteiger charge is -1.39. The van der Waals surface area contributed by atoms with E-state index in [2.05, 4.69) is 11.8 Å². The average molecular weight is 97.1 g/mol. The van der Waals surface area contributed by atoms with Crippen LogP contribution in [0.3, 0.4) is 0 Å². The van der Waals surface area contributed by atoms with E-state index < -0.39 is 6.80 Å². The van der Waals surface area contributed by atoms with E-state index in [1.54, 1.807) is 0 Å². The maximum atomic E-state index is 10.5. The molecular weight excluding hydrogens is 96.0 g/mol. The van der Waals surface area contributed by atoms with Gasteiger partial charge in [-0.05, 0) is 11.8 Å². The molecule has 24 valence electrons. The van der Waals surface area contributed by atoms with Crippen molar-refractivity contribution in [3.05, 3.63) is 0 Å². The molecule has 0 bridgehead atoms. The minimum Gasteiger partial charge on any atom is -0.251 e. The summed E-state index contributed by atoms with van der Waals surface area (Å²) >= 11 is 3.69. The summed E-state index contributed by atoms with van der Waals surface area (Å²) in [4.78, 5) is 0. The monoisotopic (exact) mass is 97.0 g/mol. The second kappa shape index (κ2) is 1.56. The molecule has 0 radical (unpaired) electrons. The number of rotatable bonds is 0. The van der Waals surface area contributed by atoms with Crippen molar-refractivity contribution in [2.75, 3.05) is 0 Å². The Morgan fingerprint density at radius 3 is 2.00 bits per heavy atom. The van der Waals surface area contributed by atoms with Gasteiger partial charge in [0.1, 0.15) is 0 Å². The topological polar surface area (TPSA) is 23.9 Å². The van der Waals surface area contributed by atoms with Gasteiger partial charge >= 0.3 is 0 Å². The van der Waals surface area contributed by atoms with E-state index in [0.29, 0.717) is 0 Å². The first-order valence-electron chi connectivity index (χ1n) is 0.575. The second-order valence-corrected chi connectivity index (χ2v) is 1.70. The van der Waals surface area contributed by atoms with Crippen LogP contribution >= 0.6 is 6.80 Å². The summed E-state index contributed by atoms with van der Waals surface area (Å²) in [6.45, 7) is -2.29. The van der Waals surface area contributed by atoms with Crippen molar-refractivity contribution in [3.63, 3.8) is 0 Å². The summed E-state index contributed by atoms with van der Waals surface area (Å²) in [6.07, 6.45) is 0. The third kappa shape index (κ3) is 56.3. The zero-order valence-electron chi connectivity index (χ0n) is 1.73. The Bertz CT molecular complexity index is 56.4. The van der Waals surface area contributed by atoms with E-state index in [-0.39, 0.29) is 0 Å². The Labute approximate surface area is 28.9 Å². The van der Waals surface area contributed by atoms with E-state index in [9.17, 15) is 4.20 Å². The van der Waals surface area contributed by atoms with Crippen LogP contribution in [0.1, 0.15) is 0 Å². The van der Waals surface area contributed by atoms with Crippen molar-refractivity contribution >= 4 is 18.6 Å². The van der Waals surface area contributed by atoms with Crippen LogP contribution in [-0.4, -0.2) is 0 Å². The Kier molecular flexibility index (Phi) is 1.66. The van der Waals surface area contributed by atoms with Crippen molar-refractivity contribution < 1.29 is 4.20 Å². The summed E-state index contributed by atoms with van der Waals surface area (Å²) in [7, 11) is 0. The molecule has 0 aromatic heterocycles. The molecule has 1 nitrogen and oxygen atoms in total. The molecule has 0 fully saturated rings. The zero-order valence-corrected chi connectivity index (χ0v) is 3.44. The largest absolute Gasteiger partial charge is 0.251 e. The Morgan fingerprint density at radius 1 is 2.00 bits per heavy atom. The summed E-state index contributed by atoms with van der Waals surface area (Å²) in [5.41, 5.74) is 0. The SMILES string of the molecule is N=P(F)=S. The van der Waals surface area contributed by atoms with Gasteiger partial charge in [-0.25, -0.2) is 0 Å². The zero-order chi connectivity index (χ0) is 3.58. The molecule has 0 aromatic carbocycles. The predicted octanol–water partition coefficient (Wildman–Crippen LogP) is 1.58. The normalized spacial score (nSPS) is 10.8. The molecule has 1 N–H and O–H groups in total. The van der Waals surface area contributed by atoms with E-state index in [1.165, 1.54) is 0 Å². The fourth-order valence-corrected chi connectivity index (χ4v) is 0. The lowest BCUT2D eigenvalue weighted by Crippen LogP contribution is -0.922. The van der Waals surface area contributed by atoms with E-state index in [1.807, 2.05) is 0 Å². The number of halogens is 1. The quantitative estimate of drug-likeness (QED) is 0.456. The van der Waals surface area contributed by atoms with Gasteiger partial charge in [-0.2, -0.15) is 4.20 Å². The fraction of sp³-hybridized carbons (Fsp3) is 0. The Hall–Kier alpha value is 0.250. The summed E-state index contributed by atoms with van der Waals surface area (Å²) < 4.78 is 10.5. The van der Waals surface area contributed by atoms with Gasteiger partial charge in [0.15, 0.2) is 0 Å². The van der Waals surface area contributed by atoms with Gasteiger partial charge in [-0.3, -0.25) is 5.16 Å². The second-order valence-electron chi connectivity index (χ2n) is 0.245. The van der Waals surface area contributed by atoms with Crippen molar-refractivity contribution in [3.8, 4) is 0 Å². The van der Waals surface area contributed by atoms with Gasteiger partial charge in [-0.15, -0.1) is 0 Å². The first kappa shape index (κ1) is 4.25. The van der Waals surface area contributed by atoms with Crippen LogP contribution < -0.4 is 0 Å². The molecule has 0 aliphatic rings. The molecule has 0 aliphatic carbocycles. The van der Waals surface area contributed by atoms with Crippen LogP contribution in [0.15, 0.2) is 0 Å². The van der Waals surface area contributed by atoms with Crippen molar-refractivity contribution in [1.82, 2.24) is 0 Å². The molecule has 0 saturated heterocycles. The van der Waals surface area contributed by atoms with Crippen LogP contribution in [0, 0.1) is 5.16 Å². The van der Waals surface area contributed by atoms with Crippen LogP contribution in [-0.2, 0) is 11.8 Å². The molecule has 0 aliphatic heterocycles. The standard InChI is InChI=1S/FHNPS/c1-3(2)4/h2H. The minimum absolute atomic E-state index is 2.29. The van der Waals surface area contributed by atoms with Gasteiger partial charge in [-0.1, -0.05) is 0 Å². The fourth-order valence-electron chi connectivity index (χ4n) is 0. The van der Waals surface area contributed by atoms with Crippen LogP contribution in [0.4, 0.5) is 4.20 Å². The van der Waals surface area contributed by atoms with Crippen LogP contribution in [0.5, 0.6) is 0 Å². The van der Waals surface area contributed by atoms with Crippen LogP contribution in [0.25, 0.3) is 0 Å². The number of nitrogens with one attached hydrogen (secondary N) is 1. The van der Waals surface area contributed by atoms with Gasteiger partial charge in [0.2, 0.25) is 6.80 Å². The predicted molar refractivity (Wildman–Crippen MR) is 18.1 cm³/mol. The Balaban J connectivity index is 3.51. The molecule has 0 aromatic rings. The maximum Gasteiger partial charge on any atom is 0.221 e. The van der Waals surface area contributed by atoms with Crippen molar-refractivity contribution in [2.24, 2.45) is 0 Å². The maximum absolute atomic E-state index is 10.5. The molecule has 0 amide bonds. The van der Waals surface area contributed by atoms with Gasteiger partial charge in [0.25, 0.3) is 0 Å². The minimum atomic E-state index is -2.29. The molecule has 1 unspecified atom stereocenters. The highest BCUT2D eigenvalue weighted by Crippen LogP contribution is 2.00. The van der Waals surface area contributed by atoms with E-state index >= 15 is 0 Å². The highest BCUT2D eigenvalue weighted by Gasteiger charge is 1.47. The van der Waals surface area contributed by atoms with Gasteiger partial charge in [0.05, 0.1) is 0 Å². The van der Waals surface area contributed by atoms with Crippen LogP contribution in [0.2, 0.25) is 0 Å². The highest BCUT2D eigenvalue weighted by atomic mass is 32.4. The molecule has 4 heavy (non-hydrogen) atoms. The molecule has 1 atom stereocenters. The number of hydrogen-bond donors (Lipinski definition) is 1. The van der Waals surface area contributed by atoms with E-state index in [4.69, 9.17) is 5.16 Å². The molecule has 0 heterocycles. The summed E-state index contributed by atoms with van der Waals surface area (Å²) in [5.74, 6) is 0. The molecular formula is HFNPS. The Morgan fingerprint density at radius 2 is 2.00 bits per heavy atom. The van der Waals surface area contributed by atoms with Gasteiger partial charge < -0.3 is 0 Å². The summed E-state index contributed by atoms with van der Waals surface area (Å²) in [5, 5.41) is 5.80. The molecule has 4 heteroatoms. The lowest BCUT2D eigenvalue weighted by atomic mass is 14.0. The number of hydrogen-bond acceptors (Lipinski definition) is 2. The first-order valence-corrected chi connectivity index (χ1v) is 2.82. The molecule has 0 spiro atoms. The van der Waals surface area contributed by atoms with Crippen molar-refractivity contribution in [2.45, 2.75) is 0 Å². The average Bonchev–Trinajstić information content (AvgIpc) is 0.811. The van der Waals surface area contributed by atoms with Gasteiger partial charge in [0, 0.05) is 0 Å².